The number of hydrogen-bond acceptors (Lipinski definition) is 7. The summed E-state index contributed by atoms with van der Waals surface area (Å²) in [5.74, 6) is 0.231. The Hall–Kier alpha value is -3.46. The average Bonchev–Trinajstić information content (AvgIpc) is 3.40. The Balaban J connectivity index is 1.53. The van der Waals surface area contributed by atoms with Gasteiger partial charge in [-0.3, -0.25) is 4.79 Å². The Morgan fingerprint density at radius 2 is 1.92 bits per heavy atom. The summed E-state index contributed by atoms with van der Waals surface area (Å²) in [6, 6.07) is 12.3. The van der Waals surface area contributed by atoms with Crippen LogP contribution in [0.5, 0.6) is 0 Å². The van der Waals surface area contributed by atoms with Crippen LogP contribution >= 0.6 is 0 Å². The maximum absolute atomic E-state index is 13.8. The van der Waals surface area contributed by atoms with Crippen LogP contribution in [0.15, 0.2) is 58.6 Å². The number of rotatable bonds is 6. The van der Waals surface area contributed by atoms with Gasteiger partial charge in [-0.05, 0) is 86.9 Å². The molecule has 1 amide bonds. The molecule has 1 atom stereocenters. The zero-order valence-corrected chi connectivity index (χ0v) is 21.6. The third-order valence-electron chi connectivity index (χ3n) is 7.13. The predicted octanol–water partition coefficient (Wildman–Crippen LogP) is 4.27. The van der Waals surface area contributed by atoms with Crippen LogP contribution in [0.25, 0.3) is 0 Å². The van der Waals surface area contributed by atoms with E-state index in [1.165, 1.54) is 29.5 Å². The van der Waals surface area contributed by atoms with Crippen molar-refractivity contribution >= 4 is 33.1 Å². The Kier molecular flexibility index (Phi) is 5.98. The molecule has 36 heavy (non-hydrogen) atoms. The van der Waals surface area contributed by atoms with Crippen molar-refractivity contribution in [3.8, 4) is 0 Å². The number of aryl methyl sites for hydroxylation is 2. The van der Waals surface area contributed by atoms with Gasteiger partial charge >= 0.3 is 0 Å². The first-order chi connectivity index (χ1) is 17.1. The van der Waals surface area contributed by atoms with Gasteiger partial charge in [0, 0.05) is 24.0 Å². The number of pyridine rings is 2. The number of primary amides is 1. The normalized spacial score (nSPS) is 18.8. The number of carbonyl (C=O) groups excluding carboxylic acids is 1. The number of nitrogens with zero attached hydrogens (tertiary/aromatic N) is 3. The highest BCUT2D eigenvalue weighted by molar-refractivity contribution is 7.91. The fraction of sp³-hybridized carbons (Fsp3) is 0.370. The molecular formula is C27H31N5O3S. The second-order valence-corrected chi connectivity index (χ2v) is 12.3. The Morgan fingerprint density at radius 3 is 2.64 bits per heavy atom. The number of nitrogens with one attached hydrogen (secondary N) is 1. The van der Waals surface area contributed by atoms with Gasteiger partial charge in [0.2, 0.25) is 9.84 Å². The lowest BCUT2D eigenvalue weighted by Crippen LogP contribution is -2.40. The number of fused-ring (bicyclic) bond motifs is 1. The maximum Gasteiger partial charge on any atom is 0.253 e. The van der Waals surface area contributed by atoms with Gasteiger partial charge in [0.1, 0.15) is 17.2 Å². The van der Waals surface area contributed by atoms with Crippen molar-refractivity contribution in [2.24, 2.45) is 11.7 Å². The number of amides is 1. The summed E-state index contributed by atoms with van der Waals surface area (Å²) in [7, 11) is -4.16. The van der Waals surface area contributed by atoms with Crippen LogP contribution in [0.3, 0.4) is 0 Å². The minimum absolute atomic E-state index is 0.0986. The molecule has 1 aromatic carbocycles. The molecule has 1 saturated heterocycles. The molecule has 1 aliphatic heterocycles. The van der Waals surface area contributed by atoms with E-state index in [4.69, 9.17) is 5.73 Å². The molecular weight excluding hydrogens is 474 g/mol. The zero-order valence-electron chi connectivity index (χ0n) is 20.8. The predicted molar refractivity (Wildman–Crippen MR) is 139 cm³/mol. The molecule has 2 aliphatic rings. The molecule has 9 heteroatoms. The Morgan fingerprint density at radius 1 is 1.14 bits per heavy atom. The number of benzene rings is 1. The fourth-order valence-electron chi connectivity index (χ4n) is 5.60. The highest BCUT2D eigenvalue weighted by Crippen LogP contribution is 2.39. The van der Waals surface area contributed by atoms with Crippen molar-refractivity contribution in [3.63, 3.8) is 0 Å². The van der Waals surface area contributed by atoms with E-state index in [2.05, 4.69) is 48.2 Å². The van der Waals surface area contributed by atoms with E-state index in [-0.39, 0.29) is 21.0 Å². The van der Waals surface area contributed by atoms with E-state index in [1.54, 1.807) is 12.1 Å². The van der Waals surface area contributed by atoms with Gasteiger partial charge in [-0.15, -0.1) is 0 Å². The number of anilines is 3. The average molecular weight is 506 g/mol. The van der Waals surface area contributed by atoms with Gasteiger partial charge in [-0.1, -0.05) is 19.1 Å². The highest BCUT2D eigenvalue weighted by atomic mass is 32.2. The molecule has 1 unspecified atom stereocenters. The summed E-state index contributed by atoms with van der Waals surface area (Å²) in [4.78, 5) is 23.2. The summed E-state index contributed by atoms with van der Waals surface area (Å²) < 4.78 is 27.5. The number of hydrogen-bond donors (Lipinski definition) is 2. The molecule has 0 radical (unpaired) electrons. The monoisotopic (exact) mass is 505 g/mol. The molecule has 3 heterocycles. The first kappa shape index (κ1) is 24.2. The van der Waals surface area contributed by atoms with Crippen molar-refractivity contribution in [3.05, 3.63) is 65.4 Å². The minimum atomic E-state index is -4.16. The first-order valence-corrected chi connectivity index (χ1v) is 13.7. The van der Waals surface area contributed by atoms with Gasteiger partial charge in [0.15, 0.2) is 5.03 Å². The summed E-state index contributed by atoms with van der Waals surface area (Å²) in [6.45, 7) is 6.89. The molecule has 1 aliphatic carbocycles. The van der Waals surface area contributed by atoms with Crippen molar-refractivity contribution < 1.29 is 13.2 Å². The molecule has 0 saturated carbocycles. The number of nitrogens with two attached hydrogens (primary N) is 1. The van der Waals surface area contributed by atoms with Crippen LogP contribution in [-0.4, -0.2) is 36.4 Å². The molecule has 3 aromatic rings. The SMILES string of the molecule is CC1CN(c2nccc(S(=O)(=O)c3cccc(Nc4ccc5c(c4)CCC5)n3)c2C(N)=O)C(C)(C)C1. The van der Waals surface area contributed by atoms with E-state index in [0.29, 0.717) is 24.1 Å². The summed E-state index contributed by atoms with van der Waals surface area (Å²) >= 11 is 0. The van der Waals surface area contributed by atoms with Crippen molar-refractivity contribution in [1.29, 1.82) is 0 Å². The maximum atomic E-state index is 13.8. The lowest BCUT2D eigenvalue weighted by Gasteiger charge is -2.33. The summed E-state index contributed by atoms with van der Waals surface area (Å²) in [5, 5.41) is 3.05. The van der Waals surface area contributed by atoms with E-state index < -0.39 is 15.7 Å². The van der Waals surface area contributed by atoms with Crippen LogP contribution in [0.2, 0.25) is 0 Å². The minimum Gasteiger partial charge on any atom is -0.365 e. The molecule has 0 spiro atoms. The van der Waals surface area contributed by atoms with Gasteiger partial charge in [0.05, 0.1) is 4.90 Å². The zero-order chi connectivity index (χ0) is 25.7. The third kappa shape index (κ3) is 4.32. The van der Waals surface area contributed by atoms with Gasteiger partial charge in [-0.2, -0.15) is 0 Å². The Labute approximate surface area is 211 Å². The number of aromatic nitrogens is 2. The van der Waals surface area contributed by atoms with Crippen molar-refractivity contribution in [1.82, 2.24) is 9.97 Å². The second-order valence-electron chi connectivity index (χ2n) is 10.4. The van der Waals surface area contributed by atoms with Gasteiger partial charge in [-0.25, -0.2) is 18.4 Å². The highest BCUT2D eigenvalue weighted by Gasteiger charge is 2.40. The number of sulfone groups is 1. The standard InChI is InChI=1S/C27H31N5O3S/c1-17-15-27(2,3)32(16-17)26-24(25(28)33)21(12-13-29-26)36(34,35)23-9-5-8-22(31-23)30-20-11-10-18-6-4-7-19(18)14-20/h5,8-14,17H,4,6-7,15-16H2,1-3H3,(H2,28,33)(H,30,31). The molecule has 1 fully saturated rings. The molecule has 0 bridgehead atoms. The van der Waals surface area contributed by atoms with E-state index in [9.17, 15) is 13.2 Å². The van der Waals surface area contributed by atoms with Crippen LogP contribution in [0.4, 0.5) is 17.3 Å². The van der Waals surface area contributed by atoms with Crippen LogP contribution in [0, 0.1) is 5.92 Å². The fourth-order valence-corrected chi connectivity index (χ4v) is 7.00. The van der Waals surface area contributed by atoms with Gasteiger partial charge in [0.25, 0.3) is 5.91 Å². The third-order valence-corrected chi connectivity index (χ3v) is 8.82. The largest absolute Gasteiger partial charge is 0.365 e. The van der Waals surface area contributed by atoms with E-state index in [1.807, 2.05) is 11.0 Å². The van der Waals surface area contributed by atoms with E-state index in [0.717, 1.165) is 31.4 Å². The quantitative estimate of drug-likeness (QED) is 0.514. The van der Waals surface area contributed by atoms with E-state index >= 15 is 0 Å². The molecule has 188 valence electrons. The summed E-state index contributed by atoms with van der Waals surface area (Å²) in [6.07, 6.45) is 5.58. The molecule has 5 rings (SSSR count). The summed E-state index contributed by atoms with van der Waals surface area (Å²) in [5.41, 5.74) is 8.87. The van der Waals surface area contributed by atoms with Crippen LogP contribution < -0.4 is 16.0 Å². The van der Waals surface area contributed by atoms with Crippen LogP contribution in [0.1, 0.15) is 55.1 Å². The topological polar surface area (TPSA) is 118 Å². The first-order valence-electron chi connectivity index (χ1n) is 12.2. The van der Waals surface area contributed by atoms with Gasteiger partial charge < -0.3 is 16.0 Å². The Bertz CT molecular complexity index is 1450. The number of carbonyl (C=O) groups is 1. The lowest BCUT2D eigenvalue weighted by atomic mass is 9.97. The second kappa shape index (κ2) is 8.89. The molecule has 8 nitrogen and oxygen atoms in total. The van der Waals surface area contributed by atoms with Crippen molar-refractivity contribution in [2.75, 3.05) is 16.8 Å². The lowest BCUT2D eigenvalue weighted by molar-refractivity contribution is 0.0997. The van der Waals surface area contributed by atoms with Crippen molar-refractivity contribution in [2.45, 2.75) is 61.9 Å². The van der Waals surface area contributed by atoms with Crippen LogP contribution in [-0.2, 0) is 22.7 Å². The smallest absolute Gasteiger partial charge is 0.253 e. The molecule has 2 aromatic heterocycles. The molecule has 3 N–H and O–H groups in total.